The number of hydrogen-bond donors (Lipinski definition) is 2. The monoisotopic (exact) mass is 472 g/mol. The van der Waals surface area contributed by atoms with Gasteiger partial charge >= 0.3 is 6.03 Å². The zero-order valence-corrected chi connectivity index (χ0v) is 19.8. The van der Waals surface area contributed by atoms with Gasteiger partial charge in [0.2, 0.25) is 0 Å². The topological polar surface area (TPSA) is 107 Å². The molecule has 176 valence electrons. The molecule has 2 aliphatic heterocycles. The van der Waals surface area contributed by atoms with Gasteiger partial charge in [-0.05, 0) is 38.0 Å². The Bertz CT molecular complexity index is 1040. The van der Waals surface area contributed by atoms with E-state index in [1.54, 1.807) is 49.6 Å². The number of nitrogens with one attached hydrogen (secondary N) is 2. The maximum atomic E-state index is 13.0. The van der Waals surface area contributed by atoms with Crippen LogP contribution in [0.4, 0.5) is 9.93 Å². The number of carbonyl (C=O) groups excluding carboxylic acids is 3. The van der Waals surface area contributed by atoms with Gasteiger partial charge in [-0.3, -0.25) is 19.9 Å². The van der Waals surface area contributed by atoms with E-state index < -0.39 is 23.4 Å². The summed E-state index contributed by atoms with van der Waals surface area (Å²) < 4.78 is 5.15. The zero-order valence-electron chi connectivity index (χ0n) is 19.0. The number of methoxy groups -OCH3 is 1. The van der Waals surface area contributed by atoms with Gasteiger partial charge in [-0.15, -0.1) is 11.3 Å². The second kappa shape index (κ2) is 9.36. The van der Waals surface area contributed by atoms with E-state index in [1.165, 1.54) is 0 Å². The molecule has 0 spiro atoms. The van der Waals surface area contributed by atoms with Crippen molar-refractivity contribution in [3.63, 3.8) is 0 Å². The number of urea groups is 1. The van der Waals surface area contributed by atoms with Crippen LogP contribution in [-0.4, -0.2) is 72.6 Å². The number of carbonyl (C=O) groups is 3. The van der Waals surface area contributed by atoms with Gasteiger partial charge in [0.15, 0.2) is 5.13 Å². The number of nitrogens with zero attached hydrogens (tertiary/aromatic N) is 4. The largest absolute Gasteiger partial charge is 0.497 e. The second-order valence-corrected chi connectivity index (χ2v) is 9.18. The Morgan fingerprint density at radius 3 is 2.64 bits per heavy atom. The highest BCUT2D eigenvalue weighted by Crippen LogP contribution is 2.29. The summed E-state index contributed by atoms with van der Waals surface area (Å²) in [6.45, 7) is 6.76. The molecule has 0 radical (unpaired) electrons. The molecular weight excluding hydrogens is 444 g/mol. The van der Waals surface area contributed by atoms with Crippen molar-refractivity contribution >= 4 is 34.3 Å². The number of hydrazine groups is 1. The predicted octanol–water partition coefficient (Wildman–Crippen LogP) is 1.47. The van der Waals surface area contributed by atoms with Crippen molar-refractivity contribution in [1.29, 1.82) is 0 Å². The maximum absolute atomic E-state index is 13.0. The van der Waals surface area contributed by atoms with E-state index in [2.05, 4.69) is 20.6 Å². The third kappa shape index (κ3) is 4.79. The molecule has 2 aliphatic rings. The lowest BCUT2D eigenvalue weighted by Crippen LogP contribution is -2.51. The average Bonchev–Trinajstić information content (AvgIpc) is 3.21. The Labute approximate surface area is 196 Å². The first-order valence-corrected chi connectivity index (χ1v) is 11.7. The van der Waals surface area contributed by atoms with Crippen molar-refractivity contribution in [2.75, 3.05) is 44.7 Å². The highest BCUT2D eigenvalue weighted by molar-refractivity contribution is 7.13. The van der Waals surface area contributed by atoms with Gasteiger partial charge in [0.25, 0.3) is 11.8 Å². The SMILES string of the molecule is COc1ccc(C2(C)NC(=O)N(NC(=O)CN3CCCN(c4nc(C)cs4)CC3)C2=O)cc1. The number of thiazole rings is 1. The lowest BCUT2D eigenvalue weighted by atomic mass is 9.92. The fourth-order valence-electron chi connectivity index (χ4n) is 4.03. The number of amides is 4. The number of benzene rings is 1. The molecule has 1 unspecified atom stereocenters. The fraction of sp³-hybridized carbons (Fsp3) is 0.455. The van der Waals surface area contributed by atoms with E-state index >= 15 is 0 Å². The predicted molar refractivity (Wildman–Crippen MR) is 124 cm³/mol. The number of aromatic nitrogens is 1. The molecular formula is C22H28N6O4S. The summed E-state index contributed by atoms with van der Waals surface area (Å²) in [6.07, 6.45) is 0.893. The van der Waals surface area contributed by atoms with E-state index in [1.807, 2.05) is 17.2 Å². The molecule has 0 saturated carbocycles. The van der Waals surface area contributed by atoms with Crippen LogP contribution in [0.5, 0.6) is 5.75 Å². The molecule has 4 amide bonds. The van der Waals surface area contributed by atoms with Crippen molar-refractivity contribution < 1.29 is 19.1 Å². The molecule has 2 N–H and O–H groups in total. The average molecular weight is 473 g/mol. The molecule has 1 aromatic heterocycles. The molecule has 2 aromatic rings. The third-order valence-electron chi connectivity index (χ3n) is 5.93. The first-order valence-electron chi connectivity index (χ1n) is 10.8. The molecule has 3 heterocycles. The second-order valence-electron chi connectivity index (χ2n) is 8.35. The van der Waals surface area contributed by atoms with E-state index in [9.17, 15) is 14.4 Å². The van der Waals surface area contributed by atoms with E-state index in [-0.39, 0.29) is 6.54 Å². The molecule has 1 atom stereocenters. The summed E-state index contributed by atoms with van der Waals surface area (Å²) in [4.78, 5) is 47.0. The van der Waals surface area contributed by atoms with Crippen LogP contribution in [0, 0.1) is 6.92 Å². The molecule has 2 fully saturated rings. The minimum atomic E-state index is -1.27. The number of imide groups is 1. The molecule has 10 nitrogen and oxygen atoms in total. The van der Waals surface area contributed by atoms with Gasteiger partial charge in [-0.2, -0.15) is 5.01 Å². The van der Waals surface area contributed by atoms with Gasteiger partial charge in [0.1, 0.15) is 11.3 Å². The molecule has 4 rings (SSSR count). The Hall–Kier alpha value is -3.18. The fourth-order valence-corrected chi connectivity index (χ4v) is 4.89. The zero-order chi connectivity index (χ0) is 23.6. The first kappa shape index (κ1) is 23.0. The van der Waals surface area contributed by atoms with Gasteiger partial charge in [0, 0.05) is 31.6 Å². The minimum absolute atomic E-state index is 0.0983. The summed E-state index contributed by atoms with van der Waals surface area (Å²) in [5.74, 6) is -0.298. The van der Waals surface area contributed by atoms with Gasteiger partial charge in [-0.1, -0.05) is 12.1 Å². The summed E-state index contributed by atoms with van der Waals surface area (Å²) in [5.41, 5.74) is 2.82. The number of ether oxygens (including phenoxy) is 1. The Kier molecular flexibility index (Phi) is 6.52. The molecule has 33 heavy (non-hydrogen) atoms. The number of hydrogen-bond acceptors (Lipinski definition) is 8. The number of rotatable bonds is 6. The third-order valence-corrected chi connectivity index (χ3v) is 6.95. The molecule has 1 aromatic carbocycles. The smallest absolute Gasteiger partial charge is 0.344 e. The highest BCUT2D eigenvalue weighted by Gasteiger charge is 2.50. The lowest BCUT2D eigenvalue weighted by molar-refractivity contribution is -0.139. The summed E-state index contributed by atoms with van der Waals surface area (Å²) in [6, 6.07) is 6.21. The van der Waals surface area contributed by atoms with Gasteiger partial charge in [0.05, 0.1) is 19.3 Å². The minimum Gasteiger partial charge on any atom is -0.497 e. The van der Waals surface area contributed by atoms with Crippen LogP contribution < -0.4 is 20.4 Å². The van der Waals surface area contributed by atoms with Crippen molar-refractivity contribution in [3.8, 4) is 5.75 Å². The van der Waals surface area contributed by atoms with Crippen LogP contribution in [0.15, 0.2) is 29.6 Å². The summed E-state index contributed by atoms with van der Waals surface area (Å²) in [7, 11) is 1.55. The van der Waals surface area contributed by atoms with Gasteiger partial charge in [-0.25, -0.2) is 9.78 Å². The maximum Gasteiger partial charge on any atom is 0.344 e. The van der Waals surface area contributed by atoms with Crippen LogP contribution in [0.3, 0.4) is 0 Å². The summed E-state index contributed by atoms with van der Waals surface area (Å²) in [5, 5.41) is 6.48. The molecule has 0 aliphatic carbocycles. The standard InChI is InChI=1S/C22H28N6O4S/c1-15-14-33-21(23-15)27-10-4-9-26(11-12-27)13-18(29)25-28-19(30)22(2,24-20(28)31)16-5-7-17(32-3)8-6-16/h5-8,14H,4,9-13H2,1-3H3,(H,24,31)(H,25,29). The first-order chi connectivity index (χ1) is 15.8. The van der Waals surface area contributed by atoms with Crippen LogP contribution in [0.1, 0.15) is 24.6 Å². The Balaban J connectivity index is 1.35. The van der Waals surface area contributed by atoms with Crippen molar-refractivity contribution in [1.82, 2.24) is 25.6 Å². The van der Waals surface area contributed by atoms with Crippen molar-refractivity contribution in [3.05, 3.63) is 40.9 Å². The highest BCUT2D eigenvalue weighted by atomic mass is 32.1. The van der Waals surface area contributed by atoms with E-state index in [0.29, 0.717) is 17.9 Å². The molecule has 0 bridgehead atoms. The summed E-state index contributed by atoms with van der Waals surface area (Å²) >= 11 is 1.62. The van der Waals surface area contributed by atoms with Crippen molar-refractivity contribution in [2.45, 2.75) is 25.8 Å². The van der Waals surface area contributed by atoms with E-state index in [4.69, 9.17) is 4.74 Å². The van der Waals surface area contributed by atoms with Crippen LogP contribution in [0.2, 0.25) is 0 Å². The quantitative estimate of drug-likeness (QED) is 0.613. The van der Waals surface area contributed by atoms with Gasteiger partial charge < -0.3 is 15.0 Å². The van der Waals surface area contributed by atoms with Crippen molar-refractivity contribution in [2.24, 2.45) is 0 Å². The number of anilines is 1. The Morgan fingerprint density at radius 1 is 1.21 bits per heavy atom. The molecule has 2 saturated heterocycles. The van der Waals surface area contributed by atoms with E-state index in [0.717, 1.165) is 41.9 Å². The Morgan fingerprint density at radius 2 is 1.97 bits per heavy atom. The van der Waals surface area contributed by atoms with Crippen LogP contribution >= 0.6 is 11.3 Å². The normalized spacial score (nSPS) is 21.7. The lowest BCUT2D eigenvalue weighted by Gasteiger charge is -2.23. The number of aryl methyl sites for hydroxylation is 1. The van der Waals surface area contributed by atoms with Crippen LogP contribution in [-0.2, 0) is 15.1 Å². The van der Waals surface area contributed by atoms with Crippen LogP contribution in [0.25, 0.3) is 0 Å². The molecule has 11 heteroatoms.